The lowest BCUT2D eigenvalue weighted by atomic mass is 9.82. The van der Waals surface area contributed by atoms with Crippen LogP contribution in [0.15, 0.2) is 22.9 Å². The number of carboxylic acid groups (broad SMARTS) is 1. The highest BCUT2D eigenvalue weighted by molar-refractivity contribution is 6.00. The molecule has 0 aromatic rings. The van der Waals surface area contributed by atoms with E-state index in [2.05, 4.69) is 5.32 Å². The third-order valence-electron chi connectivity index (χ3n) is 4.97. The van der Waals surface area contributed by atoms with E-state index in [1.165, 1.54) is 4.90 Å². The van der Waals surface area contributed by atoms with Crippen molar-refractivity contribution >= 4 is 11.9 Å². The zero-order chi connectivity index (χ0) is 16.9. The molecule has 7 heteroatoms. The number of carbonyl (C=O) groups excluding carboxylic acids is 1. The molecule has 23 heavy (non-hydrogen) atoms. The Morgan fingerprint density at radius 2 is 2.22 bits per heavy atom. The van der Waals surface area contributed by atoms with Gasteiger partial charge in [-0.05, 0) is 37.8 Å². The molecule has 2 saturated heterocycles. The molecule has 6 nitrogen and oxygen atoms in total. The number of alkyl halides is 1. The van der Waals surface area contributed by atoms with Gasteiger partial charge in [0.05, 0.1) is 18.1 Å². The van der Waals surface area contributed by atoms with Crippen molar-refractivity contribution in [2.45, 2.75) is 51.0 Å². The van der Waals surface area contributed by atoms with E-state index in [0.29, 0.717) is 25.0 Å². The Hall–Kier alpha value is -1.73. The van der Waals surface area contributed by atoms with Crippen LogP contribution in [0.1, 0.15) is 26.7 Å². The Morgan fingerprint density at radius 3 is 2.74 bits per heavy atom. The minimum atomic E-state index is -1.14. The number of aliphatic hydroxyl groups is 1. The molecule has 3 heterocycles. The van der Waals surface area contributed by atoms with Gasteiger partial charge in [0.25, 0.3) is 0 Å². The van der Waals surface area contributed by atoms with Gasteiger partial charge in [0.15, 0.2) is 0 Å². The van der Waals surface area contributed by atoms with Gasteiger partial charge in [-0.2, -0.15) is 0 Å². The minimum absolute atomic E-state index is 0.000412. The summed E-state index contributed by atoms with van der Waals surface area (Å²) in [7, 11) is 0. The molecule has 0 aromatic heterocycles. The maximum absolute atomic E-state index is 13.3. The highest BCUT2D eigenvalue weighted by Gasteiger charge is 2.56. The van der Waals surface area contributed by atoms with Gasteiger partial charge in [0.2, 0.25) is 5.91 Å². The molecule has 0 radical (unpaired) electrons. The summed E-state index contributed by atoms with van der Waals surface area (Å²) in [5, 5.41) is 22.2. The number of nitrogens with zero attached hydrogens (tertiary/aromatic N) is 1. The lowest BCUT2D eigenvalue weighted by molar-refractivity contribution is -0.161. The van der Waals surface area contributed by atoms with Crippen molar-refractivity contribution < 1.29 is 24.2 Å². The zero-order valence-corrected chi connectivity index (χ0v) is 13.1. The molecule has 2 fully saturated rings. The molecule has 0 spiro atoms. The lowest BCUT2D eigenvalue weighted by Gasteiger charge is -2.44. The Labute approximate surface area is 133 Å². The fourth-order valence-electron chi connectivity index (χ4n) is 3.87. The van der Waals surface area contributed by atoms with E-state index in [0.717, 1.165) is 5.57 Å². The molecule has 3 N–H and O–H groups in total. The highest BCUT2D eigenvalue weighted by atomic mass is 19.1. The fraction of sp³-hybridized carbons (Fsp3) is 0.625. The number of β-lactam (4-membered cyclic amide) rings is 1. The first-order valence-corrected chi connectivity index (χ1v) is 7.85. The molecule has 0 aromatic carbocycles. The minimum Gasteiger partial charge on any atom is -0.477 e. The number of halogens is 1. The summed E-state index contributed by atoms with van der Waals surface area (Å²) < 4.78 is 13.3. The largest absolute Gasteiger partial charge is 0.477 e. The molecule has 1 unspecified atom stereocenters. The van der Waals surface area contributed by atoms with Crippen LogP contribution in [0.3, 0.4) is 0 Å². The molecule has 3 rings (SSSR count). The number of hydrogen-bond acceptors (Lipinski definition) is 4. The first-order chi connectivity index (χ1) is 10.8. The zero-order valence-electron chi connectivity index (χ0n) is 13.1. The summed E-state index contributed by atoms with van der Waals surface area (Å²) in [6.07, 6.45) is 0.936. The Kier molecular flexibility index (Phi) is 4.01. The first kappa shape index (κ1) is 16.1. The number of carbonyl (C=O) groups is 2. The average molecular weight is 324 g/mol. The summed E-state index contributed by atoms with van der Waals surface area (Å²) in [6.45, 7) is 3.64. The molecule has 5 atom stereocenters. The second kappa shape index (κ2) is 5.72. The summed E-state index contributed by atoms with van der Waals surface area (Å²) in [4.78, 5) is 25.0. The van der Waals surface area contributed by atoms with Crippen molar-refractivity contribution in [3.8, 4) is 0 Å². The van der Waals surface area contributed by atoms with Crippen molar-refractivity contribution in [2.75, 3.05) is 6.54 Å². The quantitative estimate of drug-likeness (QED) is 0.658. The molecule has 0 saturated carbocycles. The third-order valence-corrected chi connectivity index (χ3v) is 4.97. The number of fused-ring (bicyclic) bond motifs is 1. The Bertz CT molecular complexity index is 613. The number of amides is 1. The van der Waals surface area contributed by atoms with Crippen LogP contribution < -0.4 is 5.32 Å². The van der Waals surface area contributed by atoms with Gasteiger partial charge in [-0.1, -0.05) is 6.08 Å². The number of aliphatic carboxylic acids is 1. The van der Waals surface area contributed by atoms with Crippen LogP contribution in [0.4, 0.5) is 4.39 Å². The van der Waals surface area contributed by atoms with Crippen molar-refractivity contribution in [1.82, 2.24) is 10.2 Å². The number of nitrogens with one attached hydrogen (secondary N) is 1. The van der Waals surface area contributed by atoms with E-state index in [1.54, 1.807) is 13.8 Å². The van der Waals surface area contributed by atoms with Gasteiger partial charge < -0.3 is 20.4 Å². The smallest absolute Gasteiger partial charge is 0.352 e. The maximum Gasteiger partial charge on any atom is 0.352 e. The molecule has 0 aliphatic carbocycles. The van der Waals surface area contributed by atoms with E-state index in [-0.39, 0.29) is 23.7 Å². The molecule has 126 valence electrons. The molecular formula is C16H21FN2O4. The van der Waals surface area contributed by atoms with Crippen molar-refractivity contribution in [1.29, 1.82) is 0 Å². The SMILES string of the molecule is C/C(=C\[C@@H]1CC(F)CN1)C1=C(C(=O)O)N2C(=O)[C@H]([C@@H](C)O)[C@H]2C1. The topological polar surface area (TPSA) is 89.9 Å². The monoisotopic (exact) mass is 324 g/mol. The van der Waals surface area contributed by atoms with Crippen molar-refractivity contribution in [3.63, 3.8) is 0 Å². The molecule has 3 aliphatic heterocycles. The summed E-state index contributed by atoms with van der Waals surface area (Å²) in [6, 6.07) is -0.415. The van der Waals surface area contributed by atoms with Crippen LogP contribution in [0.25, 0.3) is 0 Å². The average Bonchev–Trinajstić information content (AvgIpc) is 2.99. The second-order valence-corrected chi connectivity index (χ2v) is 6.58. The number of hydrogen-bond donors (Lipinski definition) is 3. The van der Waals surface area contributed by atoms with Crippen molar-refractivity contribution in [2.24, 2.45) is 5.92 Å². The molecular weight excluding hydrogens is 303 g/mol. The van der Waals surface area contributed by atoms with Crippen LogP contribution in [-0.4, -0.2) is 57.9 Å². The van der Waals surface area contributed by atoms with Gasteiger partial charge in [-0.3, -0.25) is 4.79 Å². The van der Waals surface area contributed by atoms with Crippen LogP contribution in [0, 0.1) is 5.92 Å². The van der Waals surface area contributed by atoms with Crippen LogP contribution >= 0.6 is 0 Å². The summed E-state index contributed by atoms with van der Waals surface area (Å²) in [5.74, 6) is -2.03. The third kappa shape index (κ3) is 2.57. The van der Waals surface area contributed by atoms with Gasteiger partial charge in [-0.25, -0.2) is 9.18 Å². The fourth-order valence-corrected chi connectivity index (χ4v) is 3.87. The number of carboxylic acids is 1. The van der Waals surface area contributed by atoms with E-state index in [1.807, 2.05) is 6.08 Å². The van der Waals surface area contributed by atoms with Crippen LogP contribution in [-0.2, 0) is 9.59 Å². The van der Waals surface area contributed by atoms with Gasteiger partial charge in [-0.15, -0.1) is 0 Å². The van der Waals surface area contributed by atoms with E-state index < -0.39 is 24.2 Å². The van der Waals surface area contributed by atoms with Gasteiger partial charge >= 0.3 is 5.97 Å². The summed E-state index contributed by atoms with van der Waals surface area (Å²) in [5.41, 5.74) is 1.35. The molecule has 1 amide bonds. The molecule has 0 bridgehead atoms. The van der Waals surface area contributed by atoms with E-state index >= 15 is 0 Å². The van der Waals surface area contributed by atoms with Gasteiger partial charge in [0, 0.05) is 12.6 Å². The maximum atomic E-state index is 13.3. The Morgan fingerprint density at radius 1 is 1.52 bits per heavy atom. The second-order valence-electron chi connectivity index (χ2n) is 6.58. The number of rotatable bonds is 4. The predicted molar refractivity (Wildman–Crippen MR) is 80.1 cm³/mol. The Balaban J connectivity index is 1.87. The number of aliphatic hydroxyl groups excluding tert-OH is 1. The van der Waals surface area contributed by atoms with Crippen molar-refractivity contribution in [3.05, 3.63) is 22.9 Å². The lowest BCUT2D eigenvalue weighted by Crippen LogP contribution is -2.61. The normalized spacial score (nSPS) is 35.4. The summed E-state index contributed by atoms with van der Waals surface area (Å²) >= 11 is 0. The van der Waals surface area contributed by atoms with Crippen LogP contribution in [0.2, 0.25) is 0 Å². The first-order valence-electron chi connectivity index (χ1n) is 7.85. The van der Waals surface area contributed by atoms with E-state index in [9.17, 15) is 24.2 Å². The number of allylic oxidation sites excluding steroid dienone is 1. The standard InChI is InChI=1S/C16H21FN2O4/c1-7(3-10-4-9(17)6-18-10)11-5-12-13(8(2)20)15(21)19(12)14(11)16(22)23/h3,8-10,12-13,18,20H,4-6H2,1-2H3,(H,22,23)/b7-3+/t8-,9?,10-,12-,13-/m1/s1. The molecule has 3 aliphatic rings. The van der Waals surface area contributed by atoms with Gasteiger partial charge in [0.1, 0.15) is 11.9 Å². The predicted octanol–water partition coefficient (Wildman–Crippen LogP) is 0.583. The highest BCUT2D eigenvalue weighted by Crippen LogP contribution is 2.45. The van der Waals surface area contributed by atoms with Crippen LogP contribution in [0.5, 0.6) is 0 Å². The van der Waals surface area contributed by atoms with E-state index in [4.69, 9.17) is 0 Å².